The molecule has 0 spiro atoms. The molecule has 20 heavy (non-hydrogen) atoms. The Kier molecular flexibility index (Phi) is 11.2. The summed E-state index contributed by atoms with van der Waals surface area (Å²) in [6.45, 7) is 8.55. The van der Waals surface area contributed by atoms with Gasteiger partial charge in [-0.25, -0.2) is 4.99 Å². The summed E-state index contributed by atoms with van der Waals surface area (Å²) in [6, 6.07) is 3.85. The molecule has 0 saturated carbocycles. The highest BCUT2D eigenvalue weighted by molar-refractivity contribution is 14.0. The zero-order chi connectivity index (χ0) is 13.9. The minimum Gasteiger partial charge on any atom is -0.469 e. The maximum Gasteiger partial charge on any atom is 0.191 e. The van der Waals surface area contributed by atoms with Gasteiger partial charge in [0.15, 0.2) is 5.96 Å². The van der Waals surface area contributed by atoms with Gasteiger partial charge in [0.25, 0.3) is 0 Å². The molecule has 6 heteroatoms. The molecule has 0 bridgehead atoms. The van der Waals surface area contributed by atoms with Gasteiger partial charge in [0.05, 0.1) is 19.4 Å². The molecule has 5 nitrogen and oxygen atoms in total. The van der Waals surface area contributed by atoms with Gasteiger partial charge in [-0.05, 0) is 19.1 Å². The highest BCUT2D eigenvalue weighted by Crippen LogP contribution is 1.99. The van der Waals surface area contributed by atoms with Crippen molar-refractivity contribution in [1.29, 1.82) is 0 Å². The average molecular weight is 393 g/mol. The number of furan rings is 1. The smallest absolute Gasteiger partial charge is 0.191 e. The number of hydrogen-bond donors (Lipinski definition) is 2. The Balaban J connectivity index is 0.00000361. The van der Waals surface area contributed by atoms with Gasteiger partial charge in [-0.3, -0.25) is 0 Å². The van der Waals surface area contributed by atoms with Crippen LogP contribution in [0.2, 0.25) is 0 Å². The maximum atomic E-state index is 5.28. The van der Waals surface area contributed by atoms with E-state index in [2.05, 4.69) is 22.2 Å². The number of guanidine groups is 1. The van der Waals surface area contributed by atoms with Crippen molar-refractivity contribution in [2.24, 2.45) is 4.99 Å². The molecule has 0 saturated heterocycles. The molecule has 0 aliphatic heterocycles. The van der Waals surface area contributed by atoms with Gasteiger partial charge in [-0.2, -0.15) is 0 Å². The number of nitrogens with zero attached hydrogens (tertiary/aromatic N) is 1. The van der Waals surface area contributed by atoms with Gasteiger partial charge in [0, 0.05) is 26.6 Å². The van der Waals surface area contributed by atoms with Crippen molar-refractivity contribution in [3.63, 3.8) is 0 Å². The largest absolute Gasteiger partial charge is 0.469 e. The Morgan fingerprint density at radius 3 is 2.75 bits per heavy atom. The lowest BCUT2D eigenvalue weighted by Gasteiger charge is -2.11. The van der Waals surface area contributed by atoms with E-state index in [0.29, 0.717) is 13.2 Å². The third-order valence-corrected chi connectivity index (χ3v) is 2.35. The Hall–Kier alpha value is -1.02. The summed E-state index contributed by atoms with van der Waals surface area (Å²) in [4.78, 5) is 4.42. The third-order valence-electron chi connectivity index (χ3n) is 2.35. The van der Waals surface area contributed by atoms with Gasteiger partial charge in [0.1, 0.15) is 5.76 Å². The summed E-state index contributed by atoms with van der Waals surface area (Å²) >= 11 is 0. The number of aliphatic imine (C=N–C) groups is 1. The van der Waals surface area contributed by atoms with E-state index in [1.807, 2.05) is 19.1 Å². The van der Waals surface area contributed by atoms with E-state index >= 15 is 0 Å². The van der Waals surface area contributed by atoms with Crippen molar-refractivity contribution in [2.45, 2.75) is 13.3 Å². The molecule has 0 aliphatic carbocycles. The highest BCUT2D eigenvalue weighted by atomic mass is 127. The van der Waals surface area contributed by atoms with Gasteiger partial charge in [0.2, 0.25) is 0 Å². The van der Waals surface area contributed by atoms with Crippen LogP contribution in [0.1, 0.15) is 12.7 Å². The van der Waals surface area contributed by atoms with E-state index in [1.54, 1.807) is 13.4 Å². The second-order valence-electron chi connectivity index (χ2n) is 4.30. The summed E-state index contributed by atoms with van der Waals surface area (Å²) < 4.78 is 10.3. The molecule has 0 fully saturated rings. The molecular weight excluding hydrogens is 369 g/mol. The lowest BCUT2D eigenvalue weighted by atomic mass is 10.3. The maximum absolute atomic E-state index is 5.28. The first kappa shape index (κ1) is 19.0. The van der Waals surface area contributed by atoms with Crippen molar-refractivity contribution in [2.75, 3.05) is 33.4 Å². The van der Waals surface area contributed by atoms with Crippen LogP contribution in [0.4, 0.5) is 0 Å². The quantitative estimate of drug-likeness (QED) is 0.234. The number of nitrogens with one attached hydrogen (secondary N) is 2. The number of methoxy groups -OCH3 is 1. The Labute approximate surface area is 137 Å². The second-order valence-corrected chi connectivity index (χ2v) is 4.30. The van der Waals surface area contributed by atoms with Crippen LogP contribution in [-0.4, -0.2) is 39.3 Å². The van der Waals surface area contributed by atoms with E-state index < -0.39 is 0 Å². The molecule has 2 N–H and O–H groups in total. The Morgan fingerprint density at radius 2 is 2.15 bits per heavy atom. The first-order chi connectivity index (χ1) is 9.22. The minimum absolute atomic E-state index is 0. The van der Waals surface area contributed by atoms with Crippen molar-refractivity contribution in [3.8, 4) is 0 Å². The first-order valence-corrected chi connectivity index (χ1v) is 6.40. The molecule has 0 aliphatic rings. The van der Waals surface area contributed by atoms with Crippen LogP contribution >= 0.6 is 24.0 Å². The van der Waals surface area contributed by atoms with E-state index in [0.717, 1.165) is 36.8 Å². The zero-order valence-electron chi connectivity index (χ0n) is 12.1. The molecule has 0 unspecified atom stereocenters. The van der Waals surface area contributed by atoms with Crippen LogP contribution in [0.3, 0.4) is 0 Å². The predicted molar refractivity (Wildman–Crippen MR) is 92.8 cm³/mol. The third kappa shape index (κ3) is 8.98. The number of hydrogen-bond acceptors (Lipinski definition) is 3. The van der Waals surface area contributed by atoms with Crippen LogP contribution in [0, 0.1) is 0 Å². The standard InChI is InChI=1S/C14H23N3O2.HI/c1-12(2)11-17-14(16-8-10-18-3)15-7-6-13-5-4-9-19-13;/h4-5,9H,1,6-8,10-11H2,2-3H3,(H2,15,16,17);1H. The van der Waals surface area contributed by atoms with E-state index in [4.69, 9.17) is 9.15 Å². The average Bonchev–Trinajstić information content (AvgIpc) is 2.88. The molecule has 1 aromatic rings. The van der Waals surface area contributed by atoms with Gasteiger partial charge in [-0.15, -0.1) is 24.0 Å². The summed E-state index contributed by atoms with van der Waals surface area (Å²) in [5, 5.41) is 6.45. The molecule has 1 aromatic heterocycles. The normalized spacial score (nSPS) is 10.8. The molecule has 1 heterocycles. The SMILES string of the molecule is C=C(C)CN=C(NCCOC)NCCc1ccco1.I. The van der Waals surface area contributed by atoms with Crippen molar-refractivity contribution < 1.29 is 9.15 Å². The Morgan fingerprint density at radius 1 is 1.40 bits per heavy atom. The monoisotopic (exact) mass is 393 g/mol. The van der Waals surface area contributed by atoms with E-state index in [9.17, 15) is 0 Å². The minimum atomic E-state index is 0. The summed E-state index contributed by atoms with van der Waals surface area (Å²) in [6.07, 6.45) is 2.51. The van der Waals surface area contributed by atoms with E-state index in [-0.39, 0.29) is 24.0 Å². The number of ether oxygens (including phenoxy) is 1. The van der Waals surface area contributed by atoms with Crippen LogP contribution in [0.15, 0.2) is 40.0 Å². The highest BCUT2D eigenvalue weighted by Gasteiger charge is 1.99. The topological polar surface area (TPSA) is 58.8 Å². The van der Waals surface area contributed by atoms with Crippen LogP contribution in [0.5, 0.6) is 0 Å². The predicted octanol–water partition coefficient (Wildman–Crippen LogP) is 2.20. The first-order valence-electron chi connectivity index (χ1n) is 6.40. The fourth-order valence-corrected chi connectivity index (χ4v) is 1.42. The van der Waals surface area contributed by atoms with Crippen LogP contribution in [0.25, 0.3) is 0 Å². The number of halogens is 1. The fourth-order valence-electron chi connectivity index (χ4n) is 1.42. The summed E-state index contributed by atoms with van der Waals surface area (Å²) in [5.74, 6) is 1.73. The van der Waals surface area contributed by atoms with Crippen LogP contribution in [-0.2, 0) is 11.2 Å². The fraction of sp³-hybridized carbons (Fsp3) is 0.500. The van der Waals surface area contributed by atoms with Crippen molar-refractivity contribution in [1.82, 2.24) is 10.6 Å². The van der Waals surface area contributed by atoms with E-state index in [1.165, 1.54) is 0 Å². The van der Waals surface area contributed by atoms with Gasteiger partial charge < -0.3 is 19.8 Å². The molecule has 0 aromatic carbocycles. The molecule has 0 atom stereocenters. The molecule has 1 rings (SSSR count). The van der Waals surface area contributed by atoms with Crippen LogP contribution < -0.4 is 10.6 Å². The molecule has 0 radical (unpaired) electrons. The summed E-state index contributed by atoms with van der Waals surface area (Å²) in [7, 11) is 1.68. The molecule has 114 valence electrons. The second kappa shape index (κ2) is 11.8. The lowest BCUT2D eigenvalue weighted by Crippen LogP contribution is -2.40. The molecule has 0 amide bonds. The van der Waals surface area contributed by atoms with Gasteiger partial charge >= 0.3 is 0 Å². The zero-order valence-corrected chi connectivity index (χ0v) is 14.5. The molecular formula is C14H24IN3O2. The summed E-state index contributed by atoms with van der Waals surface area (Å²) in [5.41, 5.74) is 1.03. The van der Waals surface area contributed by atoms with Crippen molar-refractivity contribution >= 4 is 29.9 Å². The number of rotatable bonds is 8. The Bertz CT molecular complexity index is 391. The van der Waals surface area contributed by atoms with Gasteiger partial charge in [-0.1, -0.05) is 12.2 Å². The van der Waals surface area contributed by atoms with Crippen molar-refractivity contribution in [3.05, 3.63) is 36.3 Å². The lowest BCUT2D eigenvalue weighted by molar-refractivity contribution is 0.203.